The Bertz CT molecular complexity index is 479. The molecule has 0 aromatic carbocycles. The molecular weight excluding hydrogens is 228 g/mol. The molecule has 4 heteroatoms. The van der Waals surface area contributed by atoms with Gasteiger partial charge in [0.15, 0.2) is 0 Å². The van der Waals surface area contributed by atoms with Gasteiger partial charge in [-0.15, -0.1) is 11.3 Å². The summed E-state index contributed by atoms with van der Waals surface area (Å²) < 4.78 is 0. The van der Waals surface area contributed by atoms with Crippen molar-refractivity contribution in [3.8, 4) is 11.3 Å². The van der Waals surface area contributed by atoms with E-state index >= 15 is 0 Å². The predicted molar refractivity (Wildman–Crippen MR) is 64.5 cm³/mol. The molecule has 0 aliphatic heterocycles. The number of thiophene rings is 1. The molecule has 78 valence electrons. The maximum absolute atomic E-state index is 5.95. The van der Waals surface area contributed by atoms with Gasteiger partial charge < -0.3 is 0 Å². The molecule has 2 rings (SSSR count). The lowest BCUT2D eigenvalue weighted by Gasteiger charge is -2.02. The summed E-state index contributed by atoms with van der Waals surface area (Å²) in [6, 6.07) is 3.88. The molecule has 0 aliphatic rings. The molecule has 0 saturated carbocycles. The van der Waals surface area contributed by atoms with Gasteiger partial charge in [-0.1, -0.05) is 18.5 Å². The van der Waals surface area contributed by atoms with E-state index in [9.17, 15) is 0 Å². The summed E-state index contributed by atoms with van der Waals surface area (Å²) in [6.07, 6.45) is 0.802. The van der Waals surface area contributed by atoms with Gasteiger partial charge in [-0.3, -0.25) is 0 Å². The van der Waals surface area contributed by atoms with Crippen molar-refractivity contribution in [2.45, 2.75) is 20.3 Å². The molecule has 0 fully saturated rings. The summed E-state index contributed by atoms with van der Waals surface area (Å²) in [6.45, 7) is 4.11. The van der Waals surface area contributed by atoms with Crippen molar-refractivity contribution < 1.29 is 0 Å². The molecule has 2 aromatic rings. The van der Waals surface area contributed by atoms with E-state index in [0.717, 1.165) is 23.5 Å². The van der Waals surface area contributed by atoms with Crippen molar-refractivity contribution in [3.63, 3.8) is 0 Å². The van der Waals surface area contributed by atoms with Gasteiger partial charge in [0.25, 0.3) is 0 Å². The average Bonchev–Trinajstić information content (AvgIpc) is 2.63. The maximum Gasteiger partial charge on any atom is 0.133 e. The Labute approximate surface area is 98.0 Å². The van der Waals surface area contributed by atoms with E-state index in [1.165, 1.54) is 4.88 Å². The number of rotatable bonds is 2. The predicted octanol–water partition coefficient (Wildman–Crippen LogP) is 3.73. The summed E-state index contributed by atoms with van der Waals surface area (Å²) >= 11 is 7.67. The summed E-state index contributed by atoms with van der Waals surface area (Å²) in [5.74, 6) is 0.795. The number of hydrogen-bond donors (Lipinski definition) is 0. The first-order chi connectivity index (χ1) is 7.20. The first-order valence-corrected chi connectivity index (χ1v) is 6.04. The highest BCUT2D eigenvalue weighted by atomic mass is 35.5. The van der Waals surface area contributed by atoms with E-state index in [1.54, 1.807) is 11.3 Å². The van der Waals surface area contributed by atoms with Crippen LogP contribution in [0.2, 0.25) is 5.15 Å². The fourth-order valence-corrected chi connectivity index (χ4v) is 2.32. The number of hydrogen-bond acceptors (Lipinski definition) is 3. The highest BCUT2D eigenvalue weighted by Crippen LogP contribution is 2.27. The van der Waals surface area contributed by atoms with Crippen LogP contribution in [-0.4, -0.2) is 9.97 Å². The molecule has 2 nitrogen and oxygen atoms in total. The molecule has 0 radical (unpaired) electrons. The van der Waals surface area contributed by atoms with Crippen LogP contribution in [0.4, 0.5) is 0 Å². The Morgan fingerprint density at radius 3 is 2.80 bits per heavy atom. The quantitative estimate of drug-likeness (QED) is 0.745. The highest BCUT2D eigenvalue weighted by Gasteiger charge is 2.07. The van der Waals surface area contributed by atoms with Gasteiger partial charge in [0.1, 0.15) is 11.0 Å². The molecule has 0 aliphatic carbocycles. The van der Waals surface area contributed by atoms with Gasteiger partial charge in [-0.25, -0.2) is 9.97 Å². The Morgan fingerprint density at radius 2 is 2.20 bits per heavy atom. The van der Waals surface area contributed by atoms with Crippen LogP contribution in [0.3, 0.4) is 0 Å². The molecule has 0 amide bonds. The molecule has 15 heavy (non-hydrogen) atoms. The Morgan fingerprint density at radius 1 is 1.40 bits per heavy atom. The van der Waals surface area contributed by atoms with Crippen molar-refractivity contribution in [3.05, 3.63) is 33.4 Å². The van der Waals surface area contributed by atoms with Gasteiger partial charge in [0.05, 0.1) is 5.69 Å². The van der Waals surface area contributed by atoms with E-state index in [4.69, 9.17) is 11.6 Å². The van der Waals surface area contributed by atoms with E-state index < -0.39 is 0 Å². The van der Waals surface area contributed by atoms with Crippen molar-refractivity contribution in [2.24, 2.45) is 0 Å². The minimum Gasteiger partial charge on any atom is -0.233 e. The lowest BCUT2D eigenvalue weighted by molar-refractivity contribution is 0.943. The van der Waals surface area contributed by atoms with Gasteiger partial charge in [-0.05, 0) is 18.4 Å². The standard InChI is InChI=1S/C11H11ClN2S/c1-3-11-13-9(6-10(12)14-11)8-4-5-15-7(8)2/h4-6H,3H2,1-2H3. The van der Waals surface area contributed by atoms with Crippen LogP contribution >= 0.6 is 22.9 Å². The zero-order chi connectivity index (χ0) is 10.8. The number of aromatic nitrogens is 2. The van der Waals surface area contributed by atoms with E-state index in [0.29, 0.717) is 5.15 Å². The van der Waals surface area contributed by atoms with Gasteiger partial charge >= 0.3 is 0 Å². The number of nitrogens with zero attached hydrogens (tertiary/aromatic N) is 2. The molecule has 0 unspecified atom stereocenters. The first-order valence-electron chi connectivity index (χ1n) is 4.78. The van der Waals surface area contributed by atoms with Crippen molar-refractivity contribution in [1.29, 1.82) is 0 Å². The minimum absolute atomic E-state index is 0.516. The largest absolute Gasteiger partial charge is 0.233 e. The number of aryl methyl sites for hydroxylation is 2. The summed E-state index contributed by atoms with van der Waals surface area (Å²) in [4.78, 5) is 9.87. The van der Waals surface area contributed by atoms with Crippen LogP contribution in [0, 0.1) is 6.92 Å². The van der Waals surface area contributed by atoms with Crippen LogP contribution in [0.5, 0.6) is 0 Å². The highest BCUT2D eigenvalue weighted by molar-refractivity contribution is 7.10. The fourth-order valence-electron chi connectivity index (χ4n) is 1.41. The molecule has 0 spiro atoms. The molecule has 2 heterocycles. The van der Waals surface area contributed by atoms with E-state index in [1.807, 2.05) is 13.0 Å². The molecule has 0 bridgehead atoms. The lowest BCUT2D eigenvalue weighted by atomic mass is 10.2. The molecule has 0 atom stereocenters. The Hall–Kier alpha value is -0.930. The van der Waals surface area contributed by atoms with Crippen LogP contribution < -0.4 is 0 Å². The van der Waals surface area contributed by atoms with Crippen LogP contribution in [-0.2, 0) is 6.42 Å². The first kappa shape index (κ1) is 10.6. The maximum atomic E-state index is 5.95. The SMILES string of the molecule is CCc1nc(Cl)cc(-c2ccsc2C)n1. The molecule has 0 N–H and O–H groups in total. The minimum atomic E-state index is 0.516. The second-order valence-corrected chi connectivity index (χ2v) is 4.74. The van der Waals surface area contributed by atoms with E-state index in [-0.39, 0.29) is 0 Å². The third-order valence-corrected chi connectivity index (χ3v) is 3.23. The van der Waals surface area contributed by atoms with Gasteiger partial charge in [0.2, 0.25) is 0 Å². The average molecular weight is 239 g/mol. The summed E-state index contributed by atoms with van der Waals surface area (Å²) in [5.41, 5.74) is 2.07. The van der Waals surface area contributed by atoms with Crippen molar-refractivity contribution >= 4 is 22.9 Å². The van der Waals surface area contributed by atoms with E-state index in [2.05, 4.69) is 28.3 Å². The monoisotopic (exact) mass is 238 g/mol. The van der Waals surface area contributed by atoms with Crippen molar-refractivity contribution in [1.82, 2.24) is 9.97 Å². The zero-order valence-corrected chi connectivity index (χ0v) is 10.2. The molecule has 2 aromatic heterocycles. The zero-order valence-electron chi connectivity index (χ0n) is 8.62. The van der Waals surface area contributed by atoms with Crippen LogP contribution in [0.25, 0.3) is 11.3 Å². The number of halogens is 1. The second kappa shape index (κ2) is 4.29. The fraction of sp³-hybridized carbons (Fsp3) is 0.273. The Balaban J connectivity index is 2.53. The molecular formula is C11H11ClN2S. The molecule has 0 saturated heterocycles. The van der Waals surface area contributed by atoms with Crippen LogP contribution in [0.1, 0.15) is 17.6 Å². The van der Waals surface area contributed by atoms with Crippen molar-refractivity contribution in [2.75, 3.05) is 0 Å². The lowest BCUT2D eigenvalue weighted by Crippen LogP contribution is -1.95. The normalized spacial score (nSPS) is 10.6. The Kier molecular flexibility index (Phi) is 3.03. The third kappa shape index (κ3) is 2.19. The second-order valence-electron chi connectivity index (χ2n) is 3.24. The third-order valence-electron chi connectivity index (χ3n) is 2.19. The summed E-state index contributed by atoms with van der Waals surface area (Å²) in [5, 5.41) is 2.58. The summed E-state index contributed by atoms with van der Waals surface area (Å²) in [7, 11) is 0. The van der Waals surface area contributed by atoms with Gasteiger partial charge in [-0.2, -0.15) is 0 Å². The smallest absolute Gasteiger partial charge is 0.133 e. The van der Waals surface area contributed by atoms with Crippen LogP contribution in [0.15, 0.2) is 17.5 Å². The van der Waals surface area contributed by atoms with Gasteiger partial charge in [0, 0.05) is 22.9 Å². The topological polar surface area (TPSA) is 25.8 Å².